The van der Waals surface area contributed by atoms with E-state index in [0.717, 1.165) is 0 Å². The number of hydrogen-bond acceptors (Lipinski definition) is 1. The van der Waals surface area contributed by atoms with Gasteiger partial charge in [0.15, 0.2) is 0 Å². The van der Waals surface area contributed by atoms with Gasteiger partial charge in [-0.1, -0.05) is 27.7 Å². The lowest BCUT2D eigenvalue weighted by atomic mass is 9.87. The molecule has 0 aliphatic heterocycles. The fourth-order valence-corrected chi connectivity index (χ4v) is 1.19. The van der Waals surface area contributed by atoms with Crippen LogP contribution >= 0.6 is 0 Å². The summed E-state index contributed by atoms with van der Waals surface area (Å²) in [5.74, 6) is 0. The minimum Gasteiger partial charge on any atom is -0.317 e. The van der Waals surface area contributed by atoms with Gasteiger partial charge in [0.1, 0.15) is 0 Å². The summed E-state index contributed by atoms with van der Waals surface area (Å²) in [5.41, 5.74) is 0.462. The van der Waals surface area contributed by atoms with Crippen LogP contribution in [0.5, 0.6) is 0 Å². The van der Waals surface area contributed by atoms with Crippen molar-refractivity contribution in [3.8, 4) is 0 Å². The van der Waals surface area contributed by atoms with Gasteiger partial charge in [-0.3, -0.25) is 0 Å². The van der Waals surface area contributed by atoms with Crippen molar-refractivity contribution in [3.05, 3.63) is 0 Å². The Kier molecular flexibility index (Phi) is 3.95. The molecule has 0 spiro atoms. The molecule has 0 aliphatic carbocycles. The van der Waals surface area contributed by atoms with Crippen LogP contribution in [0.4, 0.5) is 0 Å². The van der Waals surface area contributed by atoms with Crippen molar-refractivity contribution in [1.82, 2.24) is 5.32 Å². The van der Waals surface area contributed by atoms with Crippen molar-refractivity contribution in [3.63, 3.8) is 0 Å². The molecule has 1 atom stereocenters. The first-order valence-electron chi connectivity index (χ1n) is 4.17. The maximum Gasteiger partial charge on any atom is 0.00664 e. The largest absolute Gasteiger partial charge is 0.317 e. The monoisotopic (exact) mass is 143 g/mol. The smallest absolute Gasteiger partial charge is 0.00664 e. The molecule has 0 amide bonds. The lowest BCUT2D eigenvalue weighted by Crippen LogP contribution is -2.29. The van der Waals surface area contributed by atoms with Gasteiger partial charge in [0, 0.05) is 6.04 Å². The van der Waals surface area contributed by atoms with Gasteiger partial charge in [0.2, 0.25) is 0 Å². The minimum atomic E-state index is 0.462. The molecule has 0 aromatic carbocycles. The third-order valence-electron chi connectivity index (χ3n) is 1.76. The van der Waals surface area contributed by atoms with E-state index < -0.39 is 0 Å². The van der Waals surface area contributed by atoms with Crippen molar-refractivity contribution in [1.29, 1.82) is 0 Å². The highest BCUT2D eigenvalue weighted by molar-refractivity contribution is 4.71. The second-order valence-electron chi connectivity index (χ2n) is 4.16. The van der Waals surface area contributed by atoms with E-state index in [-0.39, 0.29) is 0 Å². The minimum absolute atomic E-state index is 0.462. The zero-order valence-corrected chi connectivity index (χ0v) is 7.99. The summed E-state index contributed by atoms with van der Waals surface area (Å²) >= 11 is 0. The van der Waals surface area contributed by atoms with E-state index in [1.54, 1.807) is 0 Å². The van der Waals surface area contributed by atoms with Crippen LogP contribution in [0.15, 0.2) is 0 Å². The Bertz CT molecular complexity index is 77.2. The van der Waals surface area contributed by atoms with Crippen molar-refractivity contribution >= 4 is 0 Å². The van der Waals surface area contributed by atoms with Gasteiger partial charge in [-0.15, -0.1) is 0 Å². The molecule has 0 fully saturated rings. The molecule has 0 radical (unpaired) electrons. The van der Waals surface area contributed by atoms with Crippen LogP contribution in [-0.2, 0) is 0 Å². The van der Waals surface area contributed by atoms with Crippen molar-refractivity contribution in [2.75, 3.05) is 7.05 Å². The molecule has 0 saturated heterocycles. The molecule has 0 saturated carbocycles. The van der Waals surface area contributed by atoms with Crippen molar-refractivity contribution in [2.24, 2.45) is 5.41 Å². The zero-order chi connectivity index (χ0) is 8.20. The summed E-state index contributed by atoms with van der Waals surface area (Å²) in [6, 6.07) is 0.694. The Morgan fingerprint density at radius 3 is 1.90 bits per heavy atom. The SMILES string of the molecule is CC[C@@H](CC(C)(C)C)NC. The highest BCUT2D eigenvalue weighted by Crippen LogP contribution is 2.21. The van der Waals surface area contributed by atoms with Crippen LogP contribution < -0.4 is 5.32 Å². The van der Waals surface area contributed by atoms with E-state index in [1.165, 1.54) is 12.8 Å². The second kappa shape index (κ2) is 3.97. The number of hydrogen-bond donors (Lipinski definition) is 1. The first-order valence-corrected chi connectivity index (χ1v) is 4.17. The predicted molar refractivity (Wildman–Crippen MR) is 47.2 cm³/mol. The zero-order valence-electron chi connectivity index (χ0n) is 7.99. The Labute approximate surface area is 65.2 Å². The van der Waals surface area contributed by atoms with Crippen molar-refractivity contribution < 1.29 is 0 Å². The molecule has 10 heavy (non-hydrogen) atoms. The first kappa shape index (κ1) is 9.96. The molecule has 1 nitrogen and oxygen atoms in total. The van der Waals surface area contributed by atoms with E-state index in [4.69, 9.17) is 0 Å². The molecule has 0 aliphatic rings. The predicted octanol–water partition coefficient (Wildman–Crippen LogP) is 2.42. The Morgan fingerprint density at radius 1 is 1.30 bits per heavy atom. The summed E-state index contributed by atoms with van der Waals surface area (Å²) in [7, 11) is 2.04. The molecule has 0 unspecified atom stereocenters. The highest BCUT2D eigenvalue weighted by atomic mass is 14.9. The Morgan fingerprint density at radius 2 is 1.80 bits per heavy atom. The van der Waals surface area contributed by atoms with Gasteiger partial charge < -0.3 is 5.32 Å². The summed E-state index contributed by atoms with van der Waals surface area (Å²) in [5, 5.41) is 3.31. The first-order chi connectivity index (χ1) is 4.49. The summed E-state index contributed by atoms with van der Waals surface area (Å²) in [6.07, 6.45) is 2.49. The molecular weight excluding hydrogens is 122 g/mol. The third-order valence-corrected chi connectivity index (χ3v) is 1.76. The maximum absolute atomic E-state index is 3.31. The highest BCUT2D eigenvalue weighted by Gasteiger charge is 2.15. The third kappa shape index (κ3) is 4.80. The molecule has 0 aromatic heterocycles. The van der Waals surface area contributed by atoms with Gasteiger partial charge >= 0.3 is 0 Å². The Hall–Kier alpha value is -0.0400. The summed E-state index contributed by atoms with van der Waals surface area (Å²) in [6.45, 7) is 9.08. The quantitative estimate of drug-likeness (QED) is 0.640. The van der Waals surface area contributed by atoms with Gasteiger partial charge in [-0.05, 0) is 25.3 Å². The van der Waals surface area contributed by atoms with Gasteiger partial charge in [0.05, 0.1) is 0 Å². The lowest BCUT2D eigenvalue weighted by Gasteiger charge is -2.24. The fraction of sp³-hybridized carbons (Fsp3) is 1.00. The maximum atomic E-state index is 3.31. The van der Waals surface area contributed by atoms with Crippen LogP contribution in [-0.4, -0.2) is 13.1 Å². The van der Waals surface area contributed by atoms with E-state index in [2.05, 4.69) is 33.0 Å². The molecular formula is C9H21N. The van der Waals surface area contributed by atoms with Crippen molar-refractivity contribution in [2.45, 2.75) is 46.6 Å². The number of nitrogens with one attached hydrogen (secondary N) is 1. The average Bonchev–Trinajstić information content (AvgIpc) is 1.81. The fourth-order valence-electron chi connectivity index (χ4n) is 1.19. The Balaban J connectivity index is 3.63. The van der Waals surface area contributed by atoms with Gasteiger partial charge in [0.25, 0.3) is 0 Å². The van der Waals surface area contributed by atoms with E-state index in [1.807, 2.05) is 7.05 Å². The number of rotatable bonds is 3. The van der Waals surface area contributed by atoms with Crippen LogP contribution in [0.1, 0.15) is 40.5 Å². The van der Waals surface area contributed by atoms with E-state index in [9.17, 15) is 0 Å². The summed E-state index contributed by atoms with van der Waals surface area (Å²) in [4.78, 5) is 0. The summed E-state index contributed by atoms with van der Waals surface area (Å²) < 4.78 is 0. The molecule has 62 valence electrons. The second-order valence-corrected chi connectivity index (χ2v) is 4.16. The standard InChI is InChI=1S/C9H21N/c1-6-8(10-5)7-9(2,3)4/h8,10H,6-7H2,1-5H3/t8-/m0/s1. The van der Waals surface area contributed by atoms with E-state index >= 15 is 0 Å². The van der Waals surface area contributed by atoms with Gasteiger partial charge in [-0.25, -0.2) is 0 Å². The van der Waals surface area contributed by atoms with Crippen LogP contribution in [0.2, 0.25) is 0 Å². The lowest BCUT2D eigenvalue weighted by molar-refractivity contribution is 0.312. The molecule has 0 heterocycles. The topological polar surface area (TPSA) is 12.0 Å². The van der Waals surface area contributed by atoms with Gasteiger partial charge in [-0.2, -0.15) is 0 Å². The molecule has 0 rings (SSSR count). The van der Waals surface area contributed by atoms with Crippen LogP contribution in [0.25, 0.3) is 0 Å². The molecule has 1 N–H and O–H groups in total. The normalized spacial score (nSPS) is 15.3. The molecule has 0 bridgehead atoms. The average molecular weight is 143 g/mol. The molecule has 1 heteroatoms. The molecule has 0 aromatic rings. The van der Waals surface area contributed by atoms with Crippen LogP contribution in [0, 0.1) is 5.41 Å². The van der Waals surface area contributed by atoms with Crippen LogP contribution in [0.3, 0.4) is 0 Å². The van der Waals surface area contributed by atoms with E-state index in [0.29, 0.717) is 11.5 Å².